The first-order chi connectivity index (χ1) is 7.99. The number of amides is 2. The third kappa shape index (κ3) is 4.84. The Kier molecular flexibility index (Phi) is 4.93. The van der Waals surface area contributed by atoms with Crippen molar-refractivity contribution in [3.05, 3.63) is 34.9 Å². The first-order valence-corrected chi connectivity index (χ1v) is 5.35. The minimum Gasteiger partial charge on any atom is -0.381 e. The SMILES string of the molecule is NC(=O)C(O)CNC(=O)Cc1ccc(Cl)cc1. The third-order valence-electron chi connectivity index (χ3n) is 2.10. The van der Waals surface area contributed by atoms with E-state index in [2.05, 4.69) is 5.32 Å². The van der Waals surface area contributed by atoms with Crippen molar-refractivity contribution < 1.29 is 14.7 Å². The molecule has 0 radical (unpaired) electrons. The fourth-order valence-corrected chi connectivity index (χ4v) is 1.29. The van der Waals surface area contributed by atoms with Crippen molar-refractivity contribution in [2.45, 2.75) is 12.5 Å². The van der Waals surface area contributed by atoms with Crippen molar-refractivity contribution in [1.29, 1.82) is 0 Å². The van der Waals surface area contributed by atoms with E-state index in [0.717, 1.165) is 5.56 Å². The highest BCUT2D eigenvalue weighted by Crippen LogP contribution is 2.09. The lowest BCUT2D eigenvalue weighted by Crippen LogP contribution is -2.40. The second-order valence-electron chi connectivity index (χ2n) is 3.53. The quantitative estimate of drug-likeness (QED) is 0.684. The van der Waals surface area contributed by atoms with E-state index in [4.69, 9.17) is 22.4 Å². The number of halogens is 1. The van der Waals surface area contributed by atoms with Gasteiger partial charge in [-0.05, 0) is 17.7 Å². The summed E-state index contributed by atoms with van der Waals surface area (Å²) in [5.41, 5.74) is 5.63. The van der Waals surface area contributed by atoms with Gasteiger partial charge in [-0.1, -0.05) is 23.7 Å². The summed E-state index contributed by atoms with van der Waals surface area (Å²) in [5, 5.41) is 12.1. The summed E-state index contributed by atoms with van der Waals surface area (Å²) < 4.78 is 0. The molecule has 0 saturated heterocycles. The highest BCUT2D eigenvalue weighted by Gasteiger charge is 2.12. The topological polar surface area (TPSA) is 92.4 Å². The van der Waals surface area contributed by atoms with Crippen molar-refractivity contribution in [3.63, 3.8) is 0 Å². The molecule has 2 amide bonds. The van der Waals surface area contributed by atoms with E-state index in [1.807, 2.05) is 0 Å². The fourth-order valence-electron chi connectivity index (χ4n) is 1.16. The van der Waals surface area contributed by atoms with Gasteiger partial charge in [0.2, 0.25) is 11.8 Å². The summed E-state index contributed by atoms with van der Waals surface area (Å²) in [6.07, 6.45) is -1.20. The number of primary amides is 1. The van der Waals surface area contributed by atoms with Crippen LogP contribution in [0.5, 0.6) is 0 Å². The van der Waals surface area contributed by atoms with Crippen LogP contribution in [-0.4, -0.2) is 29.6 Å². The smallest absolute Gasteiger partial charge is 0.248 e. The summed E-state index contributed by atoms with van der Waals surface area (Å²) in [5.74, 6) is -1.16. The first kappa shape index (κ1) is 13.5. The summed E-state index contributed by atoms with van der Waals surface area (Å²) in [6, 6.07) is 6.82. The number of aliphatic hydroxyl groups excluding tert-OH is 1. The highest BCUT2D eigenvalue weighted by molar-refractivity contribution is 6.30. The molecule has 1 rings (SSSR count). The van der Waals surface area contributed by atoms with Crippen LogP contribution in [0.4, 0.5) is 0 Å². The average Bonchev–Trinajstić information content (AvgIpc) is 2.29. The Bertz CT molecular complexity index is 406. The number of rotatable bonds is 5. The second-order valence-corrected chi connectivity index (χ2v) is 3.96. The van der Waals surface area contributed by atoms with Gasteiger partial charge in [-0.2, -0.15) is 0 Å². The van der Waals surface area contributed by atoms with Crippen LogP contribution in [0.1, 0.15) is 5.56 Å². The zero-order chi connectivity index (χ0) is 12.8. The predicted molar refractivity (Wildman–Crippen MR) is 63.4 cm³/mol. The lowest BCUT2D eigenvalue weighted by Gasteiger charge is -2.08. The maximum atomic E-state index is 11.4. The molecule has 0 heterocycles. The molecule has 92 valence electrons. The molecule has 1 unspecified atom stereocenters. The Morgan fingerprint density at radius 2 is 1.94 bits per heavy atom. The molecule has 4 N–H and O–H groups in total. The maximum Gasteiger partial charge on any atom is 0.248 e. The second kappa shape index (κ2) is 6.22. The molecule has 0 aromatic heterocycles. The van der Waals surface area contributed by atoms with E-state index in [0.29, 0.717) is 5.02 Å². The zero-order valence-electron chi connectivity index (χ0n) is 9.02. The molecule has 0 spiro atoms. The predicted octanol–water partition coefficient (Wildman–Crippen LogP) is -0.155. The monoisotopic (exact) mass is 256 g/mol. The van der Waals surface area contributed by atoms with Gasteiger partial charge in [-0.15, -0.1) is 0 Å². The van der Waals surface area contributed by atoms with Gasteiger partial charge >= 0.3 is 0 Å². The van der Waals surface area contributed by atoms with Gasteiger partial charge in [0.1, 0.15) is 6.10 Å². The number of carbonyl (C=O) groups is 2. The molecule has 0 fully saturated rings. The Hall–Kier alpha value is -1.59. The molecule has 0 bridgehead atoms. The van der Waals surface area contributed by atoms with E-state index in [9.17, 15) is 9.59 Å². The van der Waals surface area contributed by atoms with Crippen LogP contribution >= 0.6 is 11.6 Å². The van der Waals surface area contributed by atoms with E-state index < -0.39 is 12.0 Å². The van der Waals surface area contributed by atoms with Crippen molar-refractivity contribution in [3.8, 4) is 0 Å². The number of nitrogens with two attached hydrogens (primary N) is 1. The number of hydrogen-bond acceptors (Lipinski definition) is 3. The molecule has 0 aliphatic rings. The van der Waals surface area contributed by atoms with Crippen LogP contribution in [-0.2, 0) is 16.0 Å². The Balaban J connectivity index is 2.39. The van der Waals surface area contributed by atoms with E-state index in [-0.39, 0.29) is 18.9 Å². The van der Waals surface area contributed by atoms with Gasteiger partial charge in [-0.25, -0.2) is 0 Å². The minimum absolute atomic E-state index is 0.155. The molecular weight excluding hydrogens is 244 g/mol. The fraction of sp³-hybridized carbons (Fsp3) is 0.273. The van der Waals surface area contributed by atoms with E-state index >= 15 is 0 Å². The molecule has 1 aromatic rings. The van der Waals surface area contributed by atoms with Crippen molar-refractivity contribution in [1.82, 2.24) is 5.32 Å². The number of aliphatic hydroxyl groups is 1. The van der Waals surface area contributed by atoms with Crippen LogP contribution in [0.25, 0.3) is 0 Å². The lowest BCUT2D eigenvalue weighted by atomic mass is 10.1. The molecule has 1 aromatic carbocycles. The summed E-state index contributed by atoms with van der Waals surface area (Å²) in [6.45, 7) is -0.179. The van der Waals surface area contributed by atoms with Crippen LogP contribution in [0.2, 0.25) is 5.02 Å². The van der Waals surface area contributed by atoms with Crippen LogP contribution in [0.3, 0.4) is 0 Å². The summed E-state index contributed by atoms with van der Waals surface area (Å²) in [4.78, 5) is 21.9. The van der Waals surface area contributed by atoms with Gasteiger partial charge in [-0.3, -0.25) is 9.59 Å². The Morgan fingerprint density at radius 3 is 2.47 bits per heavy atom. The van der Waals surface area contributed by atoms with Crippen LogP contribution in [0, 0.1) is 0 Å². The van der Waals surface area contributed by atoms with Crippen molar-refractivity contribution in [2.24, 2.45) is 5.73 Å². The van der Waals surface area contributed by atoms with Crippen molar-refractivity contribution in [2.75, 3.05) is 6.54 Å². The molecule has 1 atom stereocenters. The standard InChI is InChI=1S/C11H13ClN2O3/c12-8-3-1-7(2-4-8)5-10(16)14-6-9(15)11(13)17/h1-4,9,15H,5-6H2,(H2,13,17)(H,14,16). The van der Waals surface area contributed by atoms with E-state index in [1.54, 1.807) is 24.3 Å². The largest absolute Gasteiger partial charge is 0.381 e. The number of carbonyl (C=O) groups excluding carboxylic acids is 2. The third-order valence-corrected chi connectivity index (χ3v) is 2.35. The summed E-state index contributed by atoms with van der Waals surface area (Å²) in [7, 11) is 0. The normalized spacial score (nSPS) is 11.9. The molecule has 0 saturated carbocycles. The number of nitrogens with one attached hydrogen (secondary N) is 1. The number of hydrogen-bond donors (Lipinski definition) is 3. The molecule has 17 heavy (non-hydrogen) atoms. The number of benzene rings is 1. The minimum atomic E-state index is -1.36. The lowest BCUT2D eigenvalue weighted by molar-refractivity contribution is -0.126. The first-order valence-electron chi connectivity index (χ1n) is 4.97. The molecule has 0 aliphatic heterocycles. The van der Waals surface area contributed by atoms with E-state index in [1.165, 1.54) is 0 Å². The van der Waals surface area contributed by atoms with Crippen molar-refractivity contribution >= 4 is 23.4 Å². The van der Waals surface area contributed by atoms with Gasteiger partial charge in [0.25, 0.3) is 0 Å². The zero-order valence-corrected chi connectivity index (χ0v) is 9.78. The van der Waals surface area contributed by atoms with Gasteiger partial charge in [0, 0.05) is 5.02 Å². The van der Waals surface area contributed by atoms with Crippen LogP contribution in [0.15, 0.2) is 24.3 Å². The average molecular weight is 257 g/mol. The molecule has 6 heteroatoms. The Morgan fingerprint density at radius 1 is 1.35 bits per heavy atom. The van der Waals surface area contributed by atoms with Crippen LogP contribution < -0.4 is 11.1 Å². The molecule has 5 nitrogen and oxygen atoms in total. The highest BCUT2D eigenvalue weighted by atomic mass is 35.5. The maximum absolute atomic E-state index is 11.4. The van der Waals surface area contributed by atoms with Gasteiger partial charge in [0.05, 0.1) is 13.0 Å². The molecule has 0 aliphatic carbocycles. The Labute approximate surface area is 104 Å². The summed E-state index contributed by atoms with van der Waals surface area (Å²) >= 11 is 5.70. The van der Waals surface area contributed by atoms with Gasteiger partial charge < -0.3 is 16.2 Å². The van der Waals surface area contributed by atoms with Gasteiger partial charge in [0.15, 0.2) is 0 Å². The molecular formula is C11H13ClN2O3.